The Morgan fingerprint density at radius 2 is 1.71 bits per heavy atom. The maximum absolute atomic E-state index is 12.8. The van der Waals surface area contributed by atoms with Crippen molar-refractivity contribution in [2.45, 2.75) is 19.9 Å². The number of anilines is 1. The van der Waals surface area contributed by atoms with E-state index in [4.69, 9.17) is 4.74 Å². The van der Waals surface area contributed by atoms with Gasteiger partial charge in [-0.25, -0.2) is 4.79 Å². The average Bonchev–Trinajstić information content (AvgIpc) is 2.94. The predicted molar refractivity (Wildman–Crippen MR) is 108 cm³/mol. The van der Waals surface area contributed by atoms with E-state index >= 15 is 0 Å². The van der Waals surface area contributed by atoms with Crippen molar-refractivity contribution in [3.63, 3.8) is 0 Å². The molecule has 1 aliphatic heterocycles. The Labute approximate surface area is 163 Å². The molecule has 1 aliphatic rings. The second-order valence-electron chi connectivity index (χ2n) is 6.57. The third-order valence-corrected chi connectivity index (χ3v) is 4.64. The minimum Gasteiger partial charge on any atom is -0.503 e. The zero-order chi connectivity index (χ0) is 20.4. The van der Waals surface area contributed by atoms with Crippen molar-refractivity contribution >= 4 is 36.7 Å². The van der Waals surface area contributed by atoms with E-state index < -0.39 is 23.7 Å². The topological polar surface area (TPSA) is 83.9 Å². The van der Waals surface area contributed by atoms with E-state index in [1.54, 1.807) is 31.2 Å². The first-order chi connectivity index (χ1) is 13.3. The van der Waals surface area contributed by atoms with Gasteiger partial charge in [0.25, 0.3) is 5.91 Å². The highest BCUT2D eigenvalue weighted by atomic mass is 16.5. The van der Waals surface area contributed by atoms with Gasteiger partial charge in [0.1, 0.15) is 7.85 Å². The number of ether oxygens (including phenoxy) is 1. The van der Waals surface area contributed by atoms with Crippen molar-refractivity contribution in [1.29, 1.82) is 0 Å². The van der Waals surface area contributed by atoms with Crippen LogP contribution in [0.15, 0.2) is 59.9 Å². The lowest BCUT2D eigenvalue weighted by Crippen LogP contribution is -2.31. The Balaban J connectivity index is 2.05. The molecule has 7 heteroatoms. The molecule has 0 spiro atoms. The summed E-state index contributed by atoms with van der Waals surface area (Å²) in [6.07, 6.45) is 0. The molecular formula is C21H20BNO5. The maximum atomic E-state index is 12.8. The summed E-state index contributed by atoms with van der Waals surface area (Å²) in [5.74, 6) is -2.03. The first-order valence-electron chi connectivity index (χ1n) is 8.96. The van der Waals surface area contributed by atoms with E-state index in [-0.39, 0.29) is 18.0 Å². The van der Waals surface area contributed by atoms with Crippen LogP contribution >= 0.6 is 0 Å². The average molecular weight is 377 g/mol. The van der Waals surface area contributed by atoms with Gasteiger partial charge in [-0.15, -0.1) is 0 Å². The van der Waals surface area contributed by atoms with Gasteiger partial charge < -0.3 is 9.84 Å². The molecule has 1 unspecified atom stereocenters. The fourth-order valence-electron chi connectivity index (χ4n) is 3.27. The van der Waals surface area contributed by atoms with Gasteiger partial charge in [-0.05, 0) is 43.7 Å². The number of carbonyl (C=O) groups is 3. The highest BCUT2D eigenvalue weighted by Crippen LogP contribution is 2.40. The molecule has 0 bridgehead atoms. The zero-order valence-corrected chi connectivity index (χ0v) is 15.9. The van der Waals surface area contributed by atoms with E-state index in [0.717, 1.165) is 5.46 Å². The SMILES string of the molecule is Bc1ccc(C2C(C(C)=O)=C(O)C(=O)N2c2ccc(C(=O)OCC)cc2)cc1. The molecule has 0 saturated heterocycles. The Bertz CT molecular complexity index is 963. The quantitative estimate of drug-likeness (QED) is 0.632. The standard InChI is InChI=1S/C21H20BNO5/c1-3-28-21(27)14-6-10-16(11-7-14)23-18(13-4-8-15(22)9-5-13)17(12(2)24)19(25)20(23)26/h4-11,18,25H,3,22H2,1-2H3. The van der Waals surface area contributed by atoms with Gasteiger partial charge in [0.15, 0.2) is 11.5 Å². The lowest BCUT2D eigenvalue weighted by molar-refractivity contribution is -0.117. The molecule has 1 heterocycles. The Morgan fingerprint density at radius 1 is 1.11 bits per heavy atom. The maximum Gasteiger partial charge on any atom is 0.338 e. The number of Topliss-reactive ketones (excluding diaryl/α,β-unsaturated/α-hetero) is 1. The lowest BCUT2D eigenvalue weighted by atomic mass is 9.91. The van der Waals surface area contributed by atoms with E-state index in [2.05, 4.69) is 0 Å². The predicted octanol–water partition coefficient (Wildman–Crippen LogP) is 1.61. The number of ketones is 1. The molecule has 1 amide bonds. The lowest BCUT2D eigenvalue weighted by Gasteiger charge is -2.27. The van der Waals surface area contributed by atoms with Crippen molar-refractivity contribution < 1.29 is 24.2 Å². The number of benzene rings is 2. The molecule has 2 aromatic rings. The van der Waals surface area contributed by atoms with E-state index in [1.807, 2.05) is 32.1 Å². The van der Waals surface area contributed by atoms with Crippen molar-refractivity contribution in [1.82, 2.24) is 0 Å². The first kappa shape index (κ1) is 19.4. The monoisotopic (exact) mass is 377 g/mol. The number of nitrogens with zero attached hydrogens (tertiary/aromatic N) is 1. The number of rotatable bonds is 5. The molecule has 0 saturated carbocycles. The summed E-state index contributed by atoms with van der Waals surface area (Å²) < 4.78 is 4.97. The molecular weight excluding hydrogens is 357 g/mol. The van der Waals surface area contributed by atoms with Crippen molar-refractivity contribution in [2.24, 2.45) is 0 Å². The minimum atomic E-state index is -0.737. The molecule has 28 heavy (non-hydrogen) atoms. The summed E-state index contributed by atoms with van der Waals surface area (Å²) in [7, 11) is 1.94. The zero-order valence-electron chi connectivity index (χ0n) is 15.9. The minimum absolute atomic E-state index is 0.0586. The molecule has 0 radical (unpaired) electrons. The Kier molecular flexibility index (Phi) is 5.35. The third kappa shape index (κ3) is 3.43. The first-order valence-corrected chi connectivity index (χ1v) is 8.96. The van der Waals surface area contributed by atoms with Crippen molar-refractivity contribution in [2.75, 3.05) is 11.5 Å². The second kappa shape index (κ2) is 7.72. The molecule has 0 fully saturated rings. The molecule has 1 N–H and O–H groups in total. The van der Waals surface area contributed by atoms with Gasteiger partial charge >= 0.3 is 5.97 Å². The van der Waals surface area contributed by atoms with E-state index in [9.17, 15) is 19.5 Å². The number of amides is 1. The molecule has 2 aromatic carbocycles. The number of aliphatic hydroxyl groups excluding tert-OH is 1. The highest BCUT2D eigenvalue weighted by Gasteiger charge is 2.43. The molecule has 0 aliphatic carbocycles. The van der Waals surface area contributed by atoms with Crippen molar-refractivity contribution in [3.05, 3.63) is 71.0 Å². The summed E-state index contributed by atoms with van der Waals surface area (Å²) in [5.41, 5.74) is 2.63. The number of carbonyl (C=O) groups excluding carboxylic acids is 3. The van der Waals surface area contributed by atoms with Crippen LogP contribution in [0.4, 0.5) is 5.69 Å². The normalized spacial score (nSPS) is 16.4. The van der Waals surface area contributed by atoms with Gasteiger partial charge in [0, 0.05) is 5.69 Å². The Hall–Kier alpha value is -3.35. The summed E-state index contributed by atoms with van der Waals surface area (Å²) >= 11 is 0. The van der Waals surface area contributed by atoms with Gasteiger partial charge in [-0.3, -0.25) is 14.5 Å². The summed E-state index contributed by atoms with van der Waals surface area (Å²) in [6.45, 7) is 3.31. The number of esters is 1. The van der Waals surface area contributed by atoms with Crippen LogP contribution in [0.1, 0.15) is 35.8 Å². The number of hydrogen-bond donors (Lipinski definition) is 1. The fourth-order valence-corrected chi connectivity index (χ4v) is 3.27. The summed E-state index contributed by atoms with van der Waals surface area (Å²) in [5, 5.41) is 10.4. The fraction of sp³-hybridized carbons (Fsp3) is 0.190. The van der Waals surface area contributed by atoms with Gasteiger partial charge in [-0.2, -0.15) is 0 Å². The Morgan fingerprint density at radius 3 is 2.25 bits per heavy atom. The van der Waals surface area contributed by atoms with Crippen LogP contribution in [0.2, 0.25) is 0 Å². The highest BCUT2D eigenvalue weighted by molar-refractivity contribution is 6.32. The smallest absolute Gasteiger partial charge is 0.338 e. The van der Waals surface area contributed by atoms with Gasteiger partial charge in [0.2, 0.25) is 0 Å². The third-order valence-electron chi connectivity index (χ3n) is 4.64. The number of hydrogen-bond acceptors (Lipinski definition) is 5. The summed E-state index contributed by atoms with van der Waals surface area (Å²) in [4.78, 5) is 38.2. The largest absolute Gasteiger partial charge is 0.503 e. The van der Waals surface area contributed by atoms with Crippen LogP contribution < -0.4 is 10.4 Å². The van der Waals surface area contributed by atoms with E-state index in [0.29, 0.717) is 16.8 Å². The van der Waals surface area contributed by atoms with Crippen LogP contribution in [0.3, 0.4) is 0 Å². The summed E-state index contributed by atoms with van der Waals surface area (Å²) in [6, 6.07) is 13.0. The van der Waals surface area contributed by atoms with Crippen LogP contribution in [0.25, 0.3) is 0 Å². The molecule has 3 rings (SSSR count). The van der Waals surface area contributed by atoms with Crippen LogP contribution in [0.5, 0.6) is 0 Å². The van der Waals surface area contributed by atoms with Crippen LogP contribution in [-0.4, -0.2) is 37.2 Å². The van der Waals surface area contributed by atoms with Crippen LogP contribution in [-0.2, 0) is 14.3 Å². The molecule has 142 valence electrons. The van der Waals surface area contributed by atoms with Crippen molar-refractivity contribution in [3.8, 4) is 0 Å². The van der Waals surface area contributed by atoms with Crippen LogP contribution in [0, 0.1) is 0 Å². The van der Waals surface area contributed by atoms with Gasteiger partial charge in [-0.1, -0.05) is 29.7 Å². The molecule has 0 aromatic heterocycles. The second-order valence-corrected chi connectivity index (χ2v) is 6.57. The van der Waals surface area contributed by atoms with E-state index in [1.165, 1.54) is 11.8 Å². The number of aliphatic hydroxyl groups is 1. The molecule has 1 atom stereocenters. The molecule has 6 nitrogen and oxygen atoms in total. The van der Waals surface area contributed by atoms with Gasteiger partial charge in [0.05, 0.1) is 23.8 Å².